The molecular formula is C19H23FN4O2. The number of aryl methyl sites for hydroxylation is 1. The predicted molar refractivity (Wildman–Crippen MR) is 98.6 cm³/mol. The fourth-order valence-corrected chi connectivity index (χ4v) is 4.87. The first-order valence-electron chi connectivity index (χ1n) is 9.52. The predicted octanol–water partition coefficient (Wildman–Crippen LogP) is 1.67. The zero-order chi connectivity index (χ0) is 18.0. The SMILES string of the molecule is CN[C@H]1CC2CCCc3c(c(F)cc4c(=O)[nH]c(=O)n(C5CC5)c34)N2C1. The molecule has 2 N–H and O–H groups in total. The van der Waals surface area contributed by atoms with Crippen LogP contribution in [0.5, 0.6) is 0 Å². The Hall–Kier alpha value is -2.15. The fraction of sp³-hybridized carbons (Fsp3) is 0.579. The van der Waals surface area contributed by atoms with Crippen molar-refractivity contribution in [1.82, 2.24) is 14.9 Å². The summed E-state index contributed by atoms with van der Waals surface area (Å²) in [4.78, 5) is 29.4. The van der Waals surface area contributed by atoms with Crippen LogP contribution in [0.2, 0.25) is 0 Å². The lowest BCUT2D eigenvalue weighted by molar-refractivity contribution is 0.547. The van der Waals surface area contributed by atoms with E-state index in [9.17, 15) is 9.59 Å². The lowest BCUT2D eigenvalue weighted by Gasteiger charge is -2.27. The standard InChI is InChI=1S/C19H23FN4O2/c1-21-10-7-12-3-2-4-13-16-14(8-15(20)17(13)23(12)9-10)18(25)22-19(26)24(16)11-5-6-11/h8,10-12,21H,2-7,9H2,1H3,(H,22,25,26)/t10-,12?/m0/s1. The topological polar surface area (TPSA) is 70.1 Å². The summed E-state index contributed by atoms with van der Waals surface area (Å²) in [6.45, 7) is 0.757. The highest BCUT2D eigenvalue weighted by Gasteiger charge is 2.37. The van der Waals surface area contributed by atoms with Gasteiger partial charge in [0, 0.05) is 30.2 Å². The Morgan fingerprint density at radius 2 is 2.04 bits per heavy atom. The number of aromatic nitrogens is 2. The molecule has 1 aromatic carbocycles. The molecule has 0 spiro atoms. The Morgan fingerprint density at radius 3 is 2.77 bits per heavy atom. The molecule has 0 amide bonds. The van der Waals surface area contributed by atoms with Crippen LogP contribution in [0.15, 0.2) is 15.7 Å². The Kier molecular flexibility index (Phi) is 3.50. The van der Waals surface area contributed by atoms with Gasteiger partial charge >= 0.3 is 5.69 Å². The highest BCUT2D eigenvalue weighted by molar-refractivity contribution is 5.88. The molecule has 1 saturated heterocycles. The molecule has 0 bridgehead atoms. The molecule has 2 aromatic rings. The highest BCUT2D eigenvalue weighted by atomic mass is 19.1. The number of halogens is 1. The second-order valence-corrected chi connectivity index (χ2v) is 7.86. The number of fused-ring (bicyclic) bond motifs is 5. The first-order valence-corrected chi connectivity index (χ1v) is 9.52. The molecule has 7 heteroatoms. The van der Waals surface area contributed by atoms with Crippen molar-refractivity contribution in [3.05, 3.63) is 38.3 Å². The van der Waals surface area contributed by atoms with Crippen LogP contribution in [0, 0.1) is 5.82 Å². The van der Waals surface area contributed by atoms with Crippen molar-refractivity contribution in [3.8, 4) is 0 Å². The summed E-state index contributed by atoms with van der Waals surface area (Å²) in [5, 5.41) is 3.61. The molecule has 26 heavy (non-hydrogen) atoms. The van der Waals surface area contributed by atoms with Crippen molar-refractivity contribution in [2.75, 3.05) is 18.5 Å². The summed E-state index contributed by atoms with van der Waals surface area (Å²) in [5.74, 6) is -0.345. The van der Waals surface area contributed by atoms with Gasteiger partial charge in [-0.2, -0.15) is 0 Å². The quantitative estimate of drug-likeness (QED) is 0.857. The monoisotopic (exact) mass is 358 g/mol. The minimum atomic E-state index is -0.487. The number of hydrogen-bond acceptors (Lipinski definition) is 4. The Bertz CT molecular complexity index is 1010. The van der Waals surface area contributed by atoms with Crippen LogP contribution >= 0.6 is 0 Å². The number of hydrogen-bond donors (Lipinski definition) is 2. The van der Waals surface area contributed by atoms with Gasteiger partial charge in [0.1, 0.15) is 5.82 Å². The number of nitrogens with one attached hydrogen (secondary N) is 2. The minimum absolute atomic E-state index is 0.124. The van der Waals surface area contributed by atoms with E-state index in [0.29, 0.717) is 35.1 Å². The van der Waals surface area contributed by atoms with Crippen LogP contribution in [-0.2, 0) is 6.42 Å². The Labute approximate surface area is 150 Å². The van der Waals surface area contributed by atoms with Gasteiger partial charge in [0.2, 0.25) is 0 Å². The molecule has 5 rings (SSSR count). The van der Waals surface area contributed by atoms with Gasteiger partial charge in [-0.05, 0) is 51.6 Å². The largest absolute Gasteiger partial charge is 0.364 e. The smallest absolute Gasteiger partial charge is 0.329 e. The molecule has 2 fully saturated rings. The third kappa shape index (κ3) is 2.26. The number of nitrogens with zero attached hydrogens (tertiary/aromatic N) is 2. The lowest BCUT2D eigenvalue weighted by atomic mass is 10.0. The van der Waals surface area contributed by atoms with Crippen molar-refractivity contribution in [2.24, 2.45) is 0 Å². The summed E-state index contributed by atoms with van der Waals surface area (Å²) in [7, 11) is 1.94. The summed E-state index contributed by atoms with van der Waals surface area (Å²) < 4.78 is 16.9. The molecule has 3 aliphatic rings. The molecule has 2 atom stereocenters. The van der Waals surface area contributed by atoms with Gasteiger partial charge in [-0.1, -0.05) is 0 Å². The Morgan fingerprint density at radius 1 is 1.23 bits per heavy atom. The van der Waals surface area contributed by atoms with Crippen molar-refractivity contribution < 1.29 is 4.39 Å². The maximum atomic E-state index is 15.2. The van der Waals surface area contributed by atoms with Crippen LogP contribution < -0.4 is 21.5 Å². The van der Waals surface area contributed by atoms with Crippen molar-refractivity contribution in [3.63, 3.8) is 0 Å². The van der Waals surface area contributed by atoms with Gasteiger partial charge in [-0.15, -0.1) is 0 Å². The molecule has 0 radical (unpaired) electrons. The van der Waals surface area contributed by atoms with E-state index in [1.54, 1.807) is 4.57 Å². The van der Waals surface area contributed by atoms with E-state index in [2.05, 4.69) is 15.2 Å². The second kappa shape index (κ2) is 5.67. The number of likely N-dealkylation sites (N-methyl/N-ethyl adjacent to an activating group) is 1. The zero-order valence-corrected chi connectivity index (χ0v) is 14.8. The van der Waals surface area contributed by atoms with E-state index in [1.807, 2.05) is 7.05 Å². The van der Waals surface area contributed by atoms with Gasteiger partial charge in [-0.3, -0.25) is 14.3 Å². The maximum absolute atomic E-state index is 15.2. The summed E-state index contributed by atoms with van der Waals surface area (Å²) in [6.07, 6.45) is 5.51. The lowest BCUT2D eigenvalue weighted by Crippen LogP contribution is -2.34. The molecule has 2 aliphatic heterocycles. The van der Waals surface area contributed by atoms with Gasteiger partial charge in [0.05, 0.1) is 16.6 Å². The van der Waals surface area contributed by atoms with E-state index in [4.69, 9.17) is 0 Å². The molecule has 6 nitrogen and oxygen atoms in total. The zero-order valence-electron chi connectivity index (χ0n) is 14.8. The maximum Gasteiger partial charge on any atom is 0.329 e. The van der Waals surface area contributed by atoms with Crippen molar-refractivity contribution >= 4 is 16.6 Å². The first-order chi connectivity index (χ1) is 12.6. The van der Waals surface area contributed by atoms with E-state index in [0.717, 1.165) is 44.2 Å². The normalized spacial score (nSPS) is 25.2. The molecular weight excluding hydrogens is 335 g/mol. The number of H-pyrrole nitrogens is 1. The molecule has 1 saturated carbocycles. The van der Waals surface area contributed by atoms with Gasteiger partial charge in [-0.25, -0.2) is 9.18 Å². The second-order valence-electron chi connectivity index (χ2n) is 7.86. The van der Waals surface area contributed by atoms with Crippen LogP contribution in [0.1, 0.15) is 43.7 Å². The third-order valence-electron chi connectivity index (χ3n) is 6.23. The Balaban J connectivity index is 1.83. The van der Waals surface area contributed by atoms with E-state index < -0.39 is 5.56 Å². The van der Waals surface area contributed by atoms with E-state index >= 15 is 4.39 Å². The van der Waals surface area contributed by atoms with Crippen molar-refractivity contribution in [2.45, 2.75) is 56.7 Å². The number of benzene rings is 1. The average molecular weight is 358 g/mol. The highest BCUT2D eigenvalue weighted by Crippen LogP contribution is 2.42. The third-order valence-corrected chi connectivity index (χ3v) is 6.23. The summed E-state index contributed by atoms with van der Waals surface area (Å²) in [5.41, 5.74) is 1.26. The average Bonchev–Trinajstić information content (AvgIpc) is 3.39. The van der Waals surface area contributed by atoms with Crippen molar-refractivity contribution in [1.29, 1.82) is 0 Å². The van der Waals surface area contributed by atoms with Gasteiger partial charge in [0.25, 0.3) is 5.56 Å². The van der Waals surface area contributed by atoms with Crippen LogP contribution in [0.3, 0.4) is 0 Å². The summed E-state index contributed by atoms with van der Waals surface area (Å²) >= 11 is 0. The molecule has 1 aromatic heterocycles. The minimum Gasteiger partial charge on any atom is -0.364 e. The number of anilines is 1. The molecule has 3 heterocycles. The first kappa shape index (κ1) is 16.1. The van der Waals surface area contributed by atoms with Crippen LogP contribution in [-0.4, -0.2) is 35.2 Å². The van der Waals surface area contributed by atoms with Crippen LogP contribution in [0.25, 0.3) is 10.9 Å². The molecule has 1 unspecified atom stereocenters. The van der Waals surface area contributed by atoms with Gasteiger partial charge < -0.3 is 10.2 Å². The van der Waals surface area contributed by atoms with Crippen LogP contribution in [0.4, 0.5) is 10.1 Å². The number of aromatic amines is 1. The number of rotatable bonds is 2. The van der Waals surface area contributed by atoms with E-state index in [1.165, 1.54) is 6.07 Å². The summed E-state index contributed by atoms with van der Waals surface area (Å²) in [6, 6.07) is 2.11. The van der Waals surface area contributed by atoms with E-state index in [-0.39, 0.29) is 17.5 Å². The van der Waals surface area contributed by atoms with Gasteiger partial charge in [0.15, 0.2) is 0 Å². The fourth-order valence-electron chi connectivity index (χ4n) is 4.87. The molecule has 1 aliphatic carbocycles. The molecule has 138 valence electrons.